The summed E-state index contributed by atoms with van der Waals surface area (Å²) in [4.78, 5) is 27.7. The first-order valence-electron chi connectivity index (χ1n) is 12.3. The number of pyridine rings is 1. The van der Waals surface area contributed by atoms with Crippen LogP contribution in [0.1, 0.15) is 77.3 Å². The SMILES string of the molecule is CCCC1CCOCC1.Cc1cc2c(c(=O)[nH]1)CNC(=O)c1cccc(C)c1C/C=C\CC2. The van der Waals surface area contributed by atoms with Gasteiger partial charge >= 0.3 is 0 Å². The number of benzene rings is 1. The molecule has 1 saturated heterocycles. The fraction of sp³-hybridized carbons (Fsp3) is 0.500. The summed E-state index contributed by atoms with van der Waals surface area (Å²) in [5.41, 5.74) is 5.23. The van der Waals surface area contributed by atoms with Gasteiger partial charge in [0.1, 0.15) is 0 Å². The van der Waals surface area contributed by atoms with Crippen LogP contribution in [0.2, 0.25) is 0 Å². The molecule has 0 radical (unpaired) electrons. The molecular weight excluding hydrogens is 412 g/mol. The number of ether oxygens (including phenoxy) is 1. The van der Waals surface area contributed by atoms with E-state index >= 15 is 0 Å². The van der Waals surface area contributed by atoms with Crippen LogP contribution in [0.5, 0.6) is 0 Å². The molecule has 4 rings (SSSR count). The highest BCUT2D eigenvalue weighted by molar-refractivity contribution is 5.96. The lowest BCUT2D eigenvalue weighted by molar-refractivity contribution is 0.0637. The van der Waals surface area contributed by atoms with Crippen LogP contribution in [0.25, 0.3) is 0 Å². The summed E-state index contributed by atoms with van der Waals surface area (Å²) in [5, 5.41) is 2.92. The van der Waals surface area contributed by atoms with Crippen LogP contribution in [-0.4, -0.2) is 24.1 Å². The Morgan fingerprint density at radius 1 is 1.06 bits per heavy atom. The number of H-pyrrole nitrogens is 1. The van der Waals surface area contributed by atoms with Crippen LogP contribution in [0, 0.1) is 19.8 Å². The topological polar surface area (TPSA) is 71.2 Å². The largest absolute Gasteiger partial charge is 0.381 e. The molecule has 0 unspecified atom stereocenters. The highest BCUT2D eigenvalue weighted by atomic mass is 16.5. The van der Waals surface area contributed by atoms with Crippen LogP contribution in [0.3, 0.4) is 0 Å². The maximum atomic E-state index is 12.6. The number of allylic oxidation sites excluding steroid dienone is 2. The van der Waals surface area contributed by atoms with E-state index in [9.17, 15) is 9.59 Å². The molecule has 1 aromatic heterocycles. The number of nitrogens with one attached hydrogen (secondary N) is 2. The Hall–Kier alpha value is -2.66. The van der Waals surface area contributed by atoms with Gasteiger partial charge in [-0.3, -0.25) is 9.59 Å². The summed E-state index contributed by atoms with van der Waals surface area (Å²) in [6.45, 7) is 8.42. The molecule has 0 aliphatic carbocycles. The molecule has 5 heteroatoms. The fourth-order valence-electron chi connectivity index (χ4n) is 4.65. The first kappa shape index (κ1) is 25.0. The lowest BCUT2D eigenvalue weighted by atomic mass is 9.95. The second-order valence-electron chi connectivity index (χ2n) is 9.13. The number of aromatic nitrogens is 1. The second kappa shape index (κ2) is 12.5. The molecule has 0 bridgehead atoms. The van der Waals surface area contributed by atoms with Crippen LogP contribution < -0.4 is 10.9 Å². The minimum absolute atomic E-state index is 0.115. The van der Waals surface area contributed by atoms with E-state index in [1.54, 1.807) is 0 Å². The summed E-state index contributed by atoms with van der Waals surface area (Å²) < 4.78 is 5.25. The summed E-state index contributed by atoms with van der Waals surface area (Å²) in [7, 11) is 0. The van der Waals surface area contributed by atoms with E-state index in [2.05, 4.69) is 29.4 Å². The molecule has 1 aromatic carbocycles. The van der Waals surface area contributed by atoms with Crippen LogP contribution in [0.15, 0.2) is 41.2 Å². The molecule has 2 aliphatic heterocycles. The number of amides is 1. The third-order valence-electron chi connectivity index (χ3n) is 6.55. The van der Waals surface area contributed by atoms with Crippen molar-refractivity contribution in [3.05, 3.63) is 80.3 Å². The highest BCUT2D eigenvalue weighted by Gasteiger charge is 2.15. The van der Waals surface area contributed by atoms with Crippen molar-refractivity contribution in [2.75, 3.05) is 13.2 Å². The number of aromatic amines is 1. The number of carbonyl (C=O) groups excluding carboxylic acids is 1. The zero-order chi connectivity index (χ0) is 23.6. The standard InChI is InChI=1S/C20H22N2O2.C8H16O/c1-13-7-6-10-17-16(13)9-5-3-4-8-15-11-14(2)22-20(24)18(15)12-21-19(17)23;1-2-3-8-4-6-9-7-5-8/h3,5-7,10-11H,4,8-9,12H2,1-2H3,(H,21,23)(H,22,24);8H,2-7H2,1H3/b5-3-;. The van der Waals surface area contributed by atoms with E-state index in [-0.39, 0.29) is 18.0 Å². The van der Waals surface area contributed by atoms with Crippen molar-refractivity contribution in [2.24, 2.45) is 5.92 Å². The van der Waals surface area contributed by atoms with E-state index in [0.29, 0.717) is 11.1 Å². The Balaban J connectivity index is 0.000000286. The van der Waals surface area contributed by atoms with E-state index in [1.807, 2.05) is 38.1 Å². The van der Waals surface area contributed by atoms with Gasteiger partial charge in [0, 0.05) is 36.6 Å². The van der Waals surface area contributed by atoms with Gasteiger partial charge in [-0.1, -0.05) is 44.1 Å². The summed E-state index contributed by atoms with van der Waals surface area (Å²) in [5.74, 6) is 0.845. The lowest BCUT2D eigenvalue weighted by Crippen LogP contribution is -2.29. The maximum Gasteiger partial charge on any atom is 0.253 e. The van der Waals surface area contributed by atoms with Gasteiger partial charge in [-0.2, -0.15) is 0 Å². The van der Waals surface area contributed by atoms with E-state index in [0.717, 1.165) is 60.8 Å². The summed E-state index contributed by atoms with van der Waals surface area (Å²) >= 11 is 0. The van der Waals surface area contributed by atoms with Crippen LogP contribution in [0.4, 0.5) is 0 Å². The molecule has 0 atom stereocenters. The normalized spacial score (nSPS) is 17.8. The highest BCUT2D eigenvalue weighted by Crippen LogP contribution is 2.19. The van der Waals surface area contributed by atoms with Gasteiger partial charge in [0.15, 0.2) is 0 Å². The van der Waals surface area contributed by atoms with Crippen molar-refractivity contribution in [3.63, 3.8) is 0 Å². The predicted octanol–water partition coefficient (Wildman–Crippen LogP) is 5.18. The summed E-state index contributed by atoms with van der Waals surface area (Å²) in [6.07, 6.45) is 12.0. The Labute approximate surface area is 197 Å². The molecule has 2 N–H and O–H groups in total. The molecule has 33 heavy (non-hydrogen) atoms. The van der Waals surface area contributed by atoms with Gasteiger partial charge in [-0.25, -0.2) is 0 Å². The zero-order valence-corrected chi connectivity index (χ0v) is 20.3. The van der Waals surface area contributed by atoms with Gasteiger partial charge in [0.05, 0.1) is 0 Å². The van der Waals surface area contributed by atoms with Crippen molar-refractivity contribution in [3.8, 4) is 0 Å². The van der Waals surface area contributed by atoms with Crippen molar-refractivity contribution >= 4 is 5.91 Å². The van der Waals surface area contributed by atoms with E-state index in [1.165, 1.54) is 25.7 Å². The van der Waals surface area contributed by atoms with Gasteiger partial charge < -0.3 is 15.0 Å². The number of rotatable bonds is 2. The molecule has 1 amide bonds. The predicted molar refractivity (Wildman–Crippen MR) is 134 cm³/mol. The quantitative estimate of drug-likeness (QED) is 0.619. The van der Waals surface area contributed by atoms with Crippen molar-refractivity contribution in [1.82, 2.24) is 10.3 Å². The van der Waals surface area contributed by atoms with Gasteiger partial charge in [0.25, 0.3) is 11.5 Å². The van der Waals surface area contributed by atoms with Crippen LogP contribution in [-0.2, 0) is 24.1 Å². The van der Waals surface area contributed by atoms with Gasteiger partial charge in [0.2, 0.25) is 0 Å². The number of hydrogen-bond acceptors (Lipinski definition) is 3. The van der Waals surface area contributed by atoms with Gasteiger partial charge in [-0.15, -0.1) is 0 Å². The Bertz CT molecular complexity index is 1010. The van der Waals surface area contributed by atoms with Gasteiger partial charge in [-0.05, 0) is 80.7 Å². The third-order valence-corrected chi connectivity index (χ3v) is 6.55. The minimum Gasteiger partial charge on any atom is -0.381 e. The van der Waals surface area contributed by atoms with E-state index in [4.69, 9.17) is 4.74 Å². The molecule has 3 heterocycles. The molecular formula is C28H38N2O3. The smallest absolute Gasteiger partial charge is 0.253 e. The minimum atomic E-state index is -0.131. The molecule has 5 nitrogen and oxygen atoms in total. The molecule has 2 aliphatic rings. The average Bonchev–Trinajstić information content (AvgIpc) is 2.79. The fourth-order valence-corrected chi connectivity index (χ4v) is 4.65. The summed E-state index contributed by atoms with van der Waals surface area (Å²) in [6, 6.07) is 7.76. The van der Waals surface area contributed by atoms with Crippen molar-refractivity contribution in [2.45, 2.75) is 72.3 Å². The third kappa shape index (κ3) is 7.16. The molecule has 178 valence electrons. The monoisotopic (exact) mass is 450 g/mol. The maximum absolute atomic E-state index is 12.6. The Morgan fingerprint density at radius 2 is 1.85 bits per heavy atom. The molecule has 2 aromatic rings. The number of fused-ring (bicyclic) bond motifs is 2. The first-order chi connectivity index (χ1) is 16.0. The molecule has 0 saturated carbocycles. The average molecular weight is 451 g/mol. The lowest BCUT2D eigenvalue weighted by Gasteiger charge is -2.20. The Morgan fingerprint density at radius 3 is 2.61 bits per heavy atom. The van der Waals surface area contributed by atoms with Crippen molar-refractivity contribution < 1.29 is 9.53 Å². The van der Waals surface area contributed by atoms with Crippen LogP contribution >= 0.6 is 0 Å². The van der Waals surface area contributed by atoms with Crippen molar-refractivity contribution in [1.29, 1.82) is 0 Å². The second-order valence-corrected chi connectivity index (χ2v) is 9.13. The number of carbonyl (C=O) groups is 1. The number of aryl methyl sites for hydroxylation is 3. The Kier molecular flexibility index (Phi) is 9.49. The zero-order valence-electron chi connectivity index (χ0n) is 20.3. The number of hydrogen-bond donors (Lipinski definition) is 2. The molecule has 0 spiro atoms. The first-order valence-corrected chi connectivity index (χ1v) is 12.3. The molecule has 1 fully saturated rings. The van der Waals surface area contributed by atoms with E-state index < -0.39 is 0 Å².